The Bertz CT molecular complexity index is 1190. The Hall–Kier alpha value is -3.41. The van der Waals surface area contributed by atoms with E-state index in [2.05, 4.69) is 10.4 Å². The summed E-state index contributed by atoms with van der Waals surface area (Å²) in [5.41, 5.74) is 4.99. The number of nitrogens with zero attached hydrogens (tertiary/aromatic N) is 3. The smallest absolute Gasteiger partial charge is 0.272 e. The van der Waals surface area contributed by atoms with Crippen molar-refractivity contribution in [1.82, 2.24) is 14.3 Å². The van der Waals surface area contributed by atoms with Crippen LogP contribution in [0.3, 0.4) is 0 Å². The van der Waals surface area contributed by atoms with Gasteiger partial charge in [-0.2, -0.15) is 5.10 Å². The first kappa shape index (κ1) is 18.0. The van der Waals surface area contributed by atoms with Crippen LogP contribution in [0.5, 0.6) is 0 Å². The minimum Gasteiger partial charge on any atom is -0.340 e. The van der Waals surface area contributed by atoms with Crippen LogP contribution in [0.1, 0.15) is 27.4 Å². The highest BCUT2D eigenvalue weighted by Crippen LogP contribution is 2.21. The highest BCUT2D eigenvalue weighted by molar-refractivity contribution is 6.06. The van der Waals surface area contributed by atoms with Gasteiger partial charge in [-0.25, -0.2) is 4.39 Å². The second kappa shape index (κ2) is 6.96. The van der Waals surface area contributed by atoms with Crippen molar-refractivity contribution < 1.29 is 9.18 Å². The zero-order chi connectivity index (χ0) is 19.8. The van der Waals surface area contributed by atoms with Crippen LogP contribution in [-0.4, -0.2) is 20.3 Å². The van der Waals surface area contributed by atoms with Crippen LogP contribution in [0.15, 0.2) is 54.6 Å². The highest BCUT2D eigenvalue weighted by Gasteiger charge is 2.14. The number of anilines is 1. The Kier molecular flexibility index (Phi) is 4.47. The number of hydrogen-bond acceptors (Lipinski definition) is 2. The molecule has 4 aromatic rings. The SMILES string of the molecule is Cc1cc(C)n(Cc2cccc(NC(=O)c3cc4ccc(F)cc4n3C)c2)n1. The minimum absolute atomic E-state index is 0.234. The minimum atomic E-state index is -0.322. The fraction of sp³-hybridized carbons (Fsp3) is 0.182. The maximum atomic E-state index is 13.5. The predicted molar refractivity (Wildman–Crippen MR) is 108 cm³/mol. The third kappa shape index (κ3) is 3.41. The third-order valence-corrected chi connectivity index (χ3v) is 4.86. The molecule has 0 unspecified atom stereocenters. The summed E-state index contributed by atoms with van der Waals surface area (Å²) in [6.45, 7) is 4.63. The molecule has 0 atom stereocenters. The number of halogens is 1. The van der Waals surface area contributed by atoms with E-state index < -0.39 is 0 Å². The van der Waals surface area contributed by atoms with Crippen LogP contribution in [-0.2, 0) is 13.6 Å². The fourth-order valence-corrected chi connectivity index (χ4v) is 3.47. The summed E-state index contributed by atoms with van der Waals surface area (Å²) in [4.78, 5) is 12.8. The molecule has 0 saturated heterocycles. The van der Waals surface area contributed by atoms with Crippen LogP contribution < -0.4 is 5.32 Å². The average Bonchev–Trinajstić information content (AvgIpc) is 3.14. The summed E-state index contributed by atoms with van der Waals surface area (Å²) in [6, 6.07) is 16.0. The van der Waals surface area contributed by atoms with Crippen LogP contribution >= 0.6 is 0 Å². The first-order chi connectivity index (χ1) is 13.4. The van der Waals surface area contributed by atoms with Crippen molar-refractivity contribution in [2.75, 3.05) is 5.32 Å². The predicted octanol–water partition coefficient (Wildman–Crippen LogP) is 4.43. The first-order valence-corrected chi connectivity index (χ1v) is 9.07. The Morgan fingerprint density at radius 1 is 1.11 bits per heavy atom. The molecule has 2 aromatic heterocycles. The third-order valence-electron chi connectivity index (χ3n) is 4.86. The molecule has 2 aromatic carbocycles. The quantitative estimate of drug-likeness (QED) is 0.573. The van der Waals surface area contributed by atoms with E-state index in [1.807, 2.05) is 48.9 Å². The molecule has 4 rings (SSSR count). The molecule has 0 bridgehead atoms. The number of aromatic nitrogens is 3. The average molecular weight is 376 g/mol. The van der Waals surface area contributed by atoms with Crippen molar-refractivity contribution in [3.05, 3.63) is 83.1 Å². The molecule has 1 N–H and O–H groups in total. The van der Waals surface area contributed by atoms with Gasteiger partial charge in [-0.15, -0.1) is 0 Å². The highest BCUT2D eigenvalue weighted by atomic mass is 19.1. The molecule has 2 heterocycles. The molecule has 0 spiro atoms. The lowest BCUT2D eigenvalue weighted by Gasteiger charge is -2.09. The Morgan fingerprint density at radius 3 is 2.68 bits per heavy atom. The maximum absolute atomic E-state index is 13.5. The Balaban J connectivity index is 1.57. The monoisotopic (exact) mass is 376 g/mol. The van der Waals surface area contributed by atoms with Gasteiger partial charge in [0.15, 0.2) is 0 Å². The maximum Gasteiger partial charge on any atom is 0.272 e. The second-order valence-electron chi connectivity index (χ2n) is 7.03. The number of aryl methyl sites for hydroxylation is 3. The van der Waals surface area contributed by atoms with Gasteiger partial charge in [-0.1, -0.05) is 12.1 Å². The lowest BCUT2D eigenvalue weighted by atomic mass is 10.2. The molecule has 6 heteroatoms. The zero-order valence-electron chi connectivity index (χ0n) is 16.0. The number of rotatable bonds is 4. The van der Waals surface area contributed by atoms with E-state index >= 15 is 0 Å². The lowest BCUT2D eigenvalue weighted by molar-refractivity contribution is 0.101. The van der Waals surface area contributed by atoms with E-state index in [9.17, 15) is 9.18 Å². The molecule has 1 amide bonds. The Morgan fingerprint density at radius 2 is 1.93 bits per heavy atom. The summed E-state index contributed by atoms with van der Waals surface area (Å²) in [6.07, 6.45) is 0. The largest absolute Gasteiger partial charge is 0.340 e. The van der Waals surface area contributed by atoms with Crippen LogP contribution in [0.2, 0.25) is 0 Å². The lowest BCUT2D eigenvalue weighted by Crippen LogP contribution is -2.15. The molecule has 0 aliphatic heterocycles. The molecule has 0 fully saturated rings. The Labute approximate surface area is 162 Å². The molecule has 0 saturated carbocycles. The standard InChI is InChI=1S/C22H21FN4O/c1-14-9-15(2)27(25-14)13-16-5-4-6-19(10-16)24-22(28)21-11-17-7-8-18(23)12-20(17)26(21)3/h4-12H,13H2,1-3H3,(H,24,28). The van der Waals surface area contributed by atoms with Gasteiger partial charge in [0.25, 0.3) is 5.91 Å². The van der Waals surface area contributed by atoms with Crippen molar-refractivity contribution in [2.45, 2.75) is 20.4 Å². The molecule has 0 radical (unpaired) electrons. The fourth-order valence-electron chi connectivity index (χ4n) is 3.47. The zero-order valence-corrected chi connectivity index (χ0v) is 16.0. The normalized spacial score (nSPS) is 11.1. The van der Waals surface area contributed by atoms with Crippen molar-refractivity contribution in [3.63, 3.8) is 0 Å². The van der Waals surface area contributed by atoms with Crippen LogP contribution in [0, 0.1) is 19.7 Å². The van der Waals surface area contributed by atoms with E-state index in [0.717, 1.165) is 22.3 Å². The van der Waals surface area contributed by atoms with Crippen LogP contribution in [0.25, 0.3) is 10.9 Å². The van der Waals surface area contributed by atoms with E-state index in [1.54, 1.807) is 23.7 Å². The number of carbonyl (C=O) groups is 1. The van der Waals surface area contributed by atoms with Gasteiger partial charge in [0.1, 0.15) is 11.5 Å². The second-order valence-corrected chi connectivity index (χ2v) is 7.03. The number of amides is 1. The summed E-state index contributed by atoms with van der Waals surface area (Å²) >= 11 is 0. The molecule has 142 valence electrons. The van der Waals surface area contributed by atoms with Gasteiger partial charge >= 0.3 is 0 Å². The summed E-state index contributed by atoms with van der Waals surface area (Å²) in [5, 5.41) is 8.25. The van der Waals surface area contributed by atoms with Crippen molar-refractivity contribution in [2.24, 2.45) is 7.05 Å². The number of nitrogens with one attached hydrogen (secondary N) is 1. The molecular weight excluding hydrogens is 355 g/mol. The number of benzene rings is 2. The molecular formula is C22H21FN4O. The molecule has 0 aliphatic rings. The van der Waals surface area contributed by atoms with Crippen molar-refractivity contribution in [3.8, 4) is 0 Å². The number of carbonyl (C=O) groups excluding carboxylic acids is 1. The van der Waals surface area contributed by atoms with Gasteiger partial charge in [-0.05, 0) is 61.9 Å². The van der Waals surface area contributed by atoms with Crippen molar-refractivity contribution >= 4 is 22.5 Å². The number of hydrogen-bond donors (Lipinski definition) is 1. The van der Waals surface area contributed by atoms with E-state index in [4.69, 9.17) is 0 Å². The van der Waals surface area contributed by atoms with Gasteiger partial charge in [0.05, 0.1) is 17.8 Å². The van der Waals surface area contributed by atoms with Gasteiger partial charge in [0, 0.05) is 23.8 Å². The summed E-state index contributed by atoms with van der Waals surface area (Å²) < 4.78 is 17.1. The van der Waals surface area contributed by atoms with Gasteiger partial charge in [0.2, 0.25) is 0 Å². The first-order valence-electron chi connectivity index (χ1n) is 9.07. The van der Waals surface area contributed by atoms with E-state index in [0.29, 0.717) is 23.4 Å². The molecule has 5 nitrogen and oxygen atoms in total. The number of fused-ring (bicyclic) bond motifs is 1. The van der Waals surface area contributed by atoms with Crippen molar-refractivity contribution in [1.29, 1.82) is 0 Å². The van der Waals surface area contributed by atoms with E-state index in [-0.39, 0.29) is 11.7 Å². The topological polar surface area (TPSA) is 51.9 Å². The van der Waals surface area contributed by atoms with Gasteiger partial charge < -0.3 is 9.88 Å². The summed E-state index contributed by atoms with van der Waals surface area (Å²) in [5.74, 6) is -0.556. The van der Waals surface area contributed by atoms with Gasteiger partial charge in [-0.3, -0.25) is 9.48 Å². The molecule has 0 aliphatic carbocycles. The van der Waals surface area contributed by atoms with Crippen LogP contribution in [0.4, 0.5) is 10.1 Å². The van der Waals surface area contributed by atoms with E-state index in [1.165, 1.54) is 12.1 Å². The molecule has 28 heavy (non-hydrogen) atoms. The summed E-state index contributed by atoms with van der Waals surface area (Å²) in [7, 11) is 1.76.